The van der Waals surface area contributed by atoms with Crippen molar-refractivity contribution in [3.8, 4) is 17.2 Å². The number of rotatable bonds is 3. The number of hydrogen-bond acceptors (Lipinski definition) is 3. The zero-order valence-corrected chi connectivity index (χ0v) is 12.2. The van der Waals surface area contributed by atoms with Crippen LogP contribution >= 0.6 is 0 Å². The molecular formula is C11H20O3Si. The average Bonchev–Trinajstić information content (AvgIpc) is 2.28. The highest BCUT2D eigenvalue weighted by molar-refractivity contribution is 6.08. The Morgan fingerprint density at radius 2 is 1.40 bits per heavy atom. The van der Waals surface area contributed by atoms with Gasteiger partial charge in [0.15, 0.2) is 11.5 Å². The molecule has 1 aromatic carbocycles. The molecule has 0 radical (unpaired) electrons. The molecule has 0 aliphatic rings. The molecule has 86 valence electrons. The third-order valence-electron chi connectivity index (χ3n) is 1.59. The fourth-order valence-corrected chi connectivity index (χ4v) is 1.02. The van der Waals surface area contributed by atoms with Crippen LogP contribution in [0.25, 0.3) is 0 Å². The van der Waals surface area contributed by atoms with Gasteiger partial charge in [-0.25, -0.2) is 0 Å². The summed E-state index contributed by atoms with van der Waals surface area (Å²) in [7, 11) is 6.14. The van der Waals surface area contributed by atoms with Crippen LogP contribution in [-0.2, 0) is 0 Å². The van der Waals surface area contributed by atoms with Crippen LogP contribution in [0, 0.1) is 0 Å². The highest BCUT2D eigenvalue weighted by atomic mass is 28.1. The number of ether oxygens (including phenoxy) is 3. The Labute approximate surface area is 94.8 Å². The lowest BCUT2D eigenvalue weighted by atomic mass is 10.3. The van der Waals surface area contributed by atoms with E-state index in [4.69, 9.17) is 14.2 Å². The van der Waals surface area contributed by atoms with Crippen molar-refractivity contribution in [2.75, 3.05) is 21.3 Å². The predicted molar refractivity (Wildman–Crippen MR) is 66.5 cm³/mol. The van der Waals surface area contributed by atoms with Crippen LogP contribution in [0.5, 0.6) is 17.2 Å². The maximum Gasteiger partial charge on any atom is 0.203 e. The summed E-state index contributed by atoms with van der Waals surface area (Å²) in [5, 5.41) is 0. The SMILES string of the molecule is CC[SiH3].COc1cccc(OC)c1OC. The fraction of sp³-hybridized carbons (Fsp3) is 0.455. The van der Waals surface area contributed by atoms with Crippen molar-refractivity contribution in [2.45, 2.75) is 13.0 Å². The average molecular weight is 228 g/mol. The summed E-state index contributed by atoms with van der Waals surface area (Å²) in [6, 6.07) is 6.88. The first-order valence-electron chi connectivity index (χ1n) is 5.00. The normalized spacial score (nSPS) is 8.80. The zero-order chi connectivity index (χ0) is 11.7. The van der Waals surface area contributed by atoms with E-state index in [1.807, 2.05) is 18.2 Å². The maximum atomic E-state index is 5.11. The lowest BCUT2D eigenvalue weighted by Gasteiger charge is -2.10. The highest BCUT2D eigenvalue weighted by Gasteiger charge is 2.08. The molecule has 0 N–H and O–H groups in total. The summed E-state index contributed by atoms with van der Waals surface area (Å²) < 4.78 is 15.3. The minimum absolute atomic E-state index is 0.627. The summed E-state index contributed by atoms with van der Waals surface area (Å²) in [6.45, 7) is 2.19. The van der Waals surface area contributed by atoms with E-state index >= 15 is 0 Å². The highest BCUT2D eigenvalue weighted by Crippen LogP contribution is 2.35. The van der Waals surface area contributed by atoms with Crippen LogP contribution in [-0.4, -0.2) is 31.6 Å². The Bertz CT molecular complexity index is 254. The number of benzene rings is 1. The molecule has 0 atom stereocenters. The smallest absolute Gasteiger partial charge is 0.203 e. The standard InChI is InChI=1S/C9H12O3.C2H8Si/c1-10-7-5-4-6-8(11-2)9(7)12-3;1-2-3/h4-6H,1-3H3;2H2,1,3H3. The van der Waals surface area contributed by atoms with E-state index in [2.05, 4.69) is 6.92 Å². The van der Waals surface area contributed by atoms with Gasteiger partial charge in [0.25, 0.3) is 0 Å². The van der Waals surface area contributed by atoms with Crippen molar-refractivity contribution in [1.29, 1.82) is 0 Å². The van der Waals surface area contributed by atoms with Crippen molar-refractivity contribution in [3.05, 3.63) is 18.2 Å². The third-order valence-corrected chi connectivity index (χ3v) is 1.59. The Morgan fingerprint density at radius 3 is 1.67 bits per heavy atom. The van der Waals surface area contributed by atoms with E-state index in [0.29, 0.717) is 17.2 Å². The Morgan fingerprint density at radius 1 is 1.00 bits per heavy atom. The number of para-hydroxylation sites is 1. The fourth-order valence-electron chi connectivity index (χ4n) is 1.02. The number of hydrogen-bond donors (Lipinski definition) is 0. The molecule has 0 spiro atoms. The largest absolute Gasteiger partial charge is 0.493 e. The van der Waals surface area contributed by atoms with Gasteiger partial charge in [-0.3, -0.25) is 0 Å². The first-order chi connectivity index (χ1) is 7.24. The van der Waals surface area contributed by atoms with E-state index in [9.17, 15) is 0 Å². The topological polar surface area (TPSA) is 27.7 Å². The van der Waals surface area contributed by atoms with E-state index in [0.717, 1.165) is 0 Å². The summed E-state index contributed by atoms with van der Waals surface area (Å²) in [6.07, 6.45) is 0. The molecule has 0 bridgehead atoms. The van der Waals surface area contributed by atoms with Gasteiger partial charge in [-0.15, -0.1) is 0 Å². The molecule has 0 saturated heterocycles. The third kappa shape index (κ3) is 4.25. The van der Waals surface area contributed by atoms with Crippen molar-refractivity contribution < 1.29 is 14.2 Å². The molecule has 0 aliphatic carbocycles. The van der Waals surface area contributed by atoms with Crippen LogP contribution in [0.15, 0.2) is 18.2 Å². The second-order valence-electron chi connectivity index (χ2n) is 2.90. The molecule has 0 aliphatic heterocycles. The van der Waals surface area contributed by atoms with Gasteiger partial charge in [-0.2, -0.15) is 0 Å². The Hall–Kier alpha value is -1.16. The first kappa shape index (κ1) is 13.8. The lowest BCUT2D eigenvalue weighted by molar-refractivity contribution is 0.324. The van der Waals surface area contributed by atoms with Gasteiger partial charge < -0.3 is 14.2 Å². The molecule has 0 fully saturated rings. The van der Waals surface area contributed by atoms with Crippen LogP contribution in [0.3, 0.4) is 0 Å². The van der Waals surface area contributed by atoms with E-state index in [1.54, 1.807) is 21.3 Å². The molecule has 4 heteroatoms. The van der Waals surface area contributed by atoms with Gasteiger partial charge in [0.1, 0.15) is 0 Å². The van der Waals surface area contributed by atoms with Crippen LogP contribution in [0.2, 0.25) is 6.04 Å². The van der Waals surface area contributed by atoms with Crippen molar-refractivity contribution in [3.63, 3.8) is 0 Å². The molecule has 1 aromatic rings. The Balaban J connectivity index is 0.000000583. The Kier molecular flexibility index (Phi) is 7.54. The van der Waals surface area contributed by atoms with Crippen molar-refractivity contribution in [1.82, 2.24) is 0 Å². The van der Waals surface area contributed by atoms with Gasteiger partial charge in [0, 0.05) is 10.2 Å². The molecule has 0 unspecified atom stereocenters. The summed E-state index contributed by atoms with van der Waals surface area (Å²) in [5.74, 6) is 1.98. The van der Waals surface area contributed by atoms with Gasteiger partial charge >= 0.3 is 0 Å². The van der Waals surface area contributed by atoms with Gasteiger partial charge in [0.05, 0.1) is 21.3 Å². The quantitative estimate of drug-likeness (QED) is 0.734. The van der Waals surface area contributed by atoms with Crippen molar-refractivity contribution in [2.24, 2.45) is 0 Å². The molecule has 3 nitrogen and oxygen atoms in total. The molecule has 0 aromatic heterocycles. The zero-order valence-electron chi connectivity index (χ0n) is 10.2. The molecule has 1 rings (SSSR count). The number of methoxy groups -OCH3 is 3. The van der Waals surface area contributed by atoms with E-state index < -0.39 is 0 Å². The lowest BCUT2D eigenvalue weighted by Crippen LogP contribution is -1.93. The van der Waals surface area contributed by atoms with Gasteiger partial charge in [-0.05, 0) is 12.1 Å². The van der Waals surface area contributed by atoms with Gasteiger partial charge in [-0.1, -0.05) is 19.0 Å². The summed E-state index contributed by atoms with van der Waals surface area (Å²) in [5.41, 5.74) is 0. The molecule has 0 amide bonds. The minimum atomic E-state index is 0.627. The summed E-state index contributed by atoms with van der Waals surface area (Å²) >= 11 is 0. The van der Waals surface area contributed by atoms with Crippen LogP contribution in [0.1, 0.15) is 6.92 Å². The van der Waals surface area contributed by atoms with Gasteiger partial charge in [0.2, 0.25) is 5.75 Å². The monoisotopic (exact) mass is 228 g/mol. The molecule has 0 heterocycles. The van der Waals surface area contributed by atoms with Crippen molar-refractivity contribution >= 4 is 10.2 Å². The van der Waals surface area contributed by atoms with E-state index in [1.165, 1.54) is 16.3 Å². The second kappa shape index (κ2) is 8.17. The molecule has 15 heavy (non-hydrogen) atoms. The van der Waals surface area contributed by atoms with E-state index in [-0.39, 0.29) is 0 Å². The van der Waals surface area contributed by atoms with Crippen LogP contribution < -0.4 is 14.2 Å². The van der Waals surface area contributed by atoms with Crippen LogP contribution in [0.4, 0.5) is 0 Å². The molecule has 0 saturated carbocycles. The molecular weight excluding hydrogens is 208 g/mol. The first-order valence-corrected chi connectivity index (χ1v) is 6.41. The maximum absolute atomic E-state index is 5.11. The minimum Gasteiger partial charge on any atom is -0.493 e. The predicted octanol–water partition coefficient (Wildman–Crippen LogP) is 1.50. The second-order valence-corrected chi connectivity index (χ2v) is 4.32. The summed E-state index contributed by atoms with van der Waals surface area (Å²) in [4.78, 5) is 0.